The van der Waals surface area contributed by atoms with Crippen LogP contribution in [-0.2, 0) is 4.79 Å². The van der Waals surface area contributed by atoms with E-state index in [4.69, 9.17) is 5.21 Å². The number of carbonyl (C=O) groups excluding carboxylic acids is 1. The van der Waals surface area contributed by atoms with Crippen LogP contribution < -0.4 is 64.2 Å². The molecule has 1 rings (SSSR count). The van der Waals surface area contributed by atoms with Gasteiger partial charge in [0.2, 0.25) is 0 Å². The molecule has 0 saturated carbocycles. The minimum Gasteiger partial charge on any atom is -0.548 e. The molecule has 0 spiro atoms. The SMILES string of the molecule is O=NN(O)N1CCC[C@H]1C(=O)[O-].[Na+].[Na+]. The first-order valence-electron chi connectivity index (χ1n) is 3.46. The molecule has 1 aliphatic rings. The minimum atomic E-state index is -1.31. The number of rotatable bonds is 3. The predicted octanol–water partition coefficient (Wildman–Crippen LogP) is -7.50. The fourth-order valence-corrected chi connectivity index (χ4v) is 1.25. The standard InChI is InChI=1S/C5H9N3O4.2Na/c9-5(10)4-2-1-3-7(4)8(12)6-11;;/h4,12H,1-3H2,(H,9,10);;/q;2*+1/p-1/t4-;;/m0../s1. The molecule has 1 N–H and O–H groups in total. The van der Waals surface area contributed by atoms with E-state index in [1.807, 2.05) is 0 Å². The molecule has 1 saturated heterocycles. The van der Waals surface area contributed by atoms with E-state index in [9.17, 15) is 14.8 Å². The maximum atomic E-state index is 10.4. The minimum absolute atomic E-state index is 0. The van der Waals surface area contributed by atoms with Crippen LogP contribution in [0, 0.1) is 4.91 Å². The van der Waals surface area contributed by atoms with Gasteiger partial charge in [-0.25, -0.2) is 0 Å². The third-order valence-electron chi connectivity index (χ3n) is 1.80. The van der Waals surface area contributed by atoms with Gasteiger partial charge in [-0.15, -0.1) is 4.91 Å². The molecule has 1 aliphatic heterocycles. The Hall–Kier alpha value is 0.790. The summed E-state index contributed by atoms with van der Waals surface area (Å²) in [5.74, 6) is -1.31. The van der Waals surface area contributed by atoms with Gasteiger partial charge < -0.3 is 9.90 Å². The summed E-state index contributed by atoms with van der Waals surface area (Å²) in [5, 5.41) is 22.3. The molecular weight excluding hydrogens is 212 g/mol. The zero-order valence-corrected chi connectivity index (χ0v) is 12.2. The van der Waals surface area contributed by atoms with Gasteiger partial charge in [-0.2, -0.15) is 5.01 Å². The van der Waals surface area contributed by atoms with E-state index in [1.54, 1.807) is 0 Å². The number of nitroso groups, excluding NO2 is 1. The summed E-state index contributed by atoms with van der Waals surface area (Å²) in [7, 11) is 0. The molecule has 0 aromatic carbocycles. The number of aliphatic carboxylic acids is 1. The van der Waals surface area contributed by atoms with Gasteiger partial charge in [0.15, 0.2) is 0 Å². The van der Waals surface area contributed by atoms with Crippen LogP contribution in [0.3, 0.4) is 0 Å². The van der Waals surface area contributed by atoms with Gasteiger partial charge in [0, 0.05) is 6.54 Å². The van der Waals surface area contributed by atoms with Crippen molar-refractivity contribution in [2.45, 2.75) is 18.9 Å². The van der Waals surface area contributed by atoms with Gasteiger partial charge >= 0.3 is 59.1 Å². The Labute approximate surface area is 125 Å². The Morgan fingerprint density at radius 2 is 2.14 bits per heavy atom. The normalized spacial score (nSPS) is 20.5. The van der Waals surface area contributed by atoms with E-state index < -0.39 is 12.0 Å². The summed E-state index contributed by atoms with van der Waals surface area (Å²) in [6, 6.07) is -0.951. The fraction of sp³-hybridized carbons (Fsp3) is 0.800. The van der Waals surface area contributed by atoms with Crippen molar-refractivity contribution in [1.82, 2.24) is 10.3 Å². The molecule has 0 unspecified atom stereocenters. The Kier molecular flexibility index (Phi) is 9.83. The van der Waals surface area contributed by atoms with Crippen molar-refractivity contribution >= 4 is 5.97 Å². The van der Waals surface area contributed by atoms with E-state index >= 15 is 0 Å². The average Bonchev–Trinajstić information content (AvgIpc) is 2.50. The van der Waals surface area contributed by atoms with Crippen LogP contribution in [0.1, 0.15) is 12.8 Å². The van der Waals surface area contributed by atoms with Gasteiger partial charge in [-0.1, -0.05) is 5.28 Å². The summed E-state index contributed by atoms with van der Waals surface area (Å²) < 4.78 is 0. The summed E-state index contributed by atoms with van der Waals surface area (Å²) in [4.78, 5) is 20.2. The first kappa shape index (κ1) is 17.2. The van der Waals surface area contributed by atoms with Crippen LogP contribution in [0.4, 0.5) is 0 Å². The molecule has 1 heterocycles. The second-order valence-electron chi connectivity index (χ2n) is 2.49. The van der Waals surface area contributed by atoms with Crippen molar-refractivity contribution in [3.05, 3.63) is 4.91 Å². The first-order valence-corrected chi connectivity index (χ1v) is 3.46. The molecule has 1 fully saturated rings. The number of hydrazine groups is 1. The average molecular weight is 220 g/mol. The molecule has 0 aromatic heterocycles. The van der Waals surface area contributed by atoms with Gasteiger partial charge in [-0.3, -0.25) is 5.21 Å². The second kappa shape index (κ2) is 8.00. The largest absolute Gasteiger partial charge is 1.00 e. The molecule has 9 heteroatoms. The predicted molar refractivity (Wildman–Crippen MR) is 34.2 cm³/mol. The maximum absolute atomic E-state index is 10.4. The van der Waals surface area contributed by atoms with Gasteiger partial charge in [-0.05, 0) is 12.8 Å². The van der Waals surface area contributed by atoms with Crippen molar-refractivity contribution in [3.8, 4) is 0 Å². The number of carbonyl (C=O) groups is 1. The van der Waals surface area contributed by atoms with E-state index in [-0.39, 0.29) is 64.4 Å². The molecule has 0 aliphatic carbocycles. The van der Waals surface area contributed by atoms with Crippen molar-refractivity contribution in [2.75, 3.05) is 6.54 Å². The van der Waals surface area contributed by atoms with E-state index in [2.05, 4.69) is 5.29 Å². The Morgan fingerprint density at radius 1 is 1.57 bits per heavy atom. The maximum Gasteiger partial charge on any atom is 1.00 e. The smallest absolute Gasteiger partial charge is 0.548 e. The zero-order chi connectivity index (χ0) is 9.14. The number of carboxylic acid groups (broad SMARTS) is 1. The summed E-state index contributed by atoms with van der Waals surface area (Å²) in [5.41, 5.74) is 0. The molecule has 0 bridgehead atoms. The van der Waals surface area contributed by atoms with E-state index in [1.165, 1.54) is 0 Å². The van der Waals surface area contributed by atoms with Gasteiger partial charge in [0.25, 0.3) is 0 Å². The molecule has 7 nitrogen and oxygen atoms in total. The number of carboxylic acids is 1. The van der Waals surface area contributed by atoms with Crippen LogP contribution in [0.2, 0.25) is 0 Å². The topological polar surface area (TPSA) is 96.3 Å². The van der Waals surface area contributed by atoms with Gasteiger partial charge in [0.1, 0.15) is 0 Å². The molecule has 0 radical (unpaired) electrons. The van der Waals surface area contributed by atoms with Crippen LogP contribution in [0.25, 0.3) is 0 Å². The number of nitrogens with zero attached hydrogens (tertiary/aromatic N) is 3. The second-order valence-corrected chi connectivity index (χ2v) is 2.49. The summed E-state index contributed by atoms with van der Waals surface area (Å²) >= 11 is 0. The zero-order valence-electron chi connectivity index (χ0n) is 8.21. The molecule has 0 aromatic rings. The Morgan fingerprint density at radius 3 is 2.57 bits per heavy atom. The number of hydrogen-bond donors (Lipinski definition) is 1. The molecule has 0 amide bonds. The van der Waals surface area contributed by atoms with Crippen molar-refractivity contribution in [2.24, 2.45) is 5.29 Å². The van der Waals surface area contributed by atoms with Crippen LogP contribution in [-0.4, -0.2) is 34.1 Å². The Bertz CT molecular complexity index is 205. The molecule has 1 atom stereocenters. The van der Waals surface area contributed by atoms with Crippen molar-refractivity contribution in [3.63, 3.8) is 0 Å². The van der Waals surface area contributed by atoms with Crippen LogP contribution in [0.15, 0.2) is 5.29 Å². The third-order valence-corrected chi connectivity index (χ3v) is 1.80. The van der Waals surface area contributed by atoms with Crippen molar-refractivity contribution in [1.29, 1.82) is 0 Å². The third kappa shape index (κ3) is 4.11. The van der Waals surface area contributed by atoms with E-state index in [0.29, 0.717) is 19.4 Å². The Balaban J connectivity index is 0. The number of hydrogen-bond acceptors (Lipinski definition) is 6. The van der Waals surface area contributed by atoms with Crippen LogP contribution >= 0.6 is 0 Å². The molecule has 14 heavy (non-hydrogen) atoms. The van der Waals surface area contributed by atoms with Gasteiger partial charge in [0.05, 0.1) is 17.3 Å². The molecule has 68 valence electrons. The fourth-order valence-electron chi connectivity index (χ4n) is 1.25. The first-order chi connectivity index (χ1) is 5.66. The van der Waals surface area contributed by atoms with E-state index in [0.717, 1.165) is 5.01 Å². The quantitative estimate of drug-likeness (QED) is 0.288. The summed E-state index contributed by atoms with van der Waals surface area (Å²) in [6.45, 7) is 0.293. The molecular formula is C5H8N3Na2O4+. The van der Waals surface area contributed by atoms with Crippen LogP contribution in [0.5, 0.6) is 0 Å². The van der Waals surface area contributed by atoms with Crippen molar-refractivity contribution < 1.29 is 74.2 Å². The monoisotopic (exact) mass is 220 g/mol. The summed E-state index contributed by atoms with van der Waals surface area (Å²) in [6.07, 6.45) is 0.945.